The fraction of sp³-hybridized carbons (Fsp3) is 0.500. The Balaban J connectivity index is 2.57. The van der Waals surface area contributed by atoms with Crippen LogP contribution in [0.3, 0.4) is 0 Å². The lowest BCUT2D eigenvalue weighted by Gasteiger charge is -2.18. The van der Waals surface area contributed by atoms with Crippen molar-refractivity contribution in [1.29, 1.82) is 0 Å². The molecule has 78 valence electrons. The highest BCUT2D eigenvalue weighted by atomic mass is 19.1. The summed E-state index contributed by atoms with van der Waals surface area (Å²) in [5.41, 5.74) is 6.35. The van der Waals surface area contributed by atoms with Crippen LogP contribution in [-0.2, 0) is 6.54 Å². The second-order valence-electron chi connectivity index (χ2n) is 3.17. The zero-order chi connectivity index (χ0) is 10.4. The molecule has 0 aliphatic heterocycles. The summed E-state index contributed by atoms with van der Waals surface area (Å²) in [6.07, 6.45) is 2.89. The lowest BCUT2D eigenvalue weighted by atomic mass is 10.2. The Hall–Kier alpha value is -1.00. The number of hydrogen-bond donors (Lipinski definition) is 1. The van der Waals surface area contributed by atoms with Gasteiger partial charge in [-0.1, -0.05) is 6.92 Å². The molecule has 0 bridgehead atoms. The van der Waals surface area contributed by atoms with E-state index in [1.54, 1.807) is 6.20 Å². The van der Waals surface area contributed by atoms with Gasteiger partial charge in [0.1, 0.15) is 5.82 Å². The van der Waals surface area contributed by atoms with E-state index >= 15 is 0 Å². The lowest BCUT2D eigenvalue weighted by Crippen LogP contribution is -2.28. The maximum atomic E-state index is 12.8. The number of rotatable bonds is 5. The zero-order valence-electron chi connectivity index (χ0n) is 8.41. The van der Waals surface area contributed by atoms with Gasteiger partial charge >= 0.3 is 0 Å². The van der Waals surface area contributed by atoms with Gasteiger partial charge in [0.15, 0.2) is 0 Å². The quantitative estimate of drug-likeness (QED) is 0.765. The van der Waals surface area contributed by atoms with Crippen LogP contribution in [0, 0.1) is 5.82 Å². The van der Waals surface area contributed by atoms with E-state index in [0.717, 1.165) is 18.7 Å². The van der Waals surface area contributed by atoms with Crippen LogP contribution in [0.15, 0.2) is 18.5 Å². The van der Waals surface area contributed by atoms with Crippen molar-refractivity contribution in [2.45, 2.75) is 13.5 Å². The topological polar surface area (TPSA) is 42.1 Å². The van der Waals surface area contributed by atoms with Crippen LogP contribution in [0.25, 0.3) is 0 Å². The number of halogens is 1. The molecule has 0 saturated heterocycles. The van der Waals surface area contributed by atoms with E-state index in [1.807, 2.05) is 0 Å². The molecule has 0 unspecified atom stereocenters. The highest BCUT2D eigenvalue weighted by Crippen LogP contribution is 2.04. The van der Waals surface area contributed by atoms with Crippen molar-refractivity contribution in [2.75, 3.05) is 19.6 Å². The summed E-state index contributed by atoms with van der Waals surface area (Å²) in [4.78, 5) is 5.95. The molecule has 1 aromatic rings. The van der Waals surface area contributed by atoms with Crippen molar-refractivity contribution in [2.24, 2.45) is 5.73 Å². The van der Waals surface area contributed by atoms with Gasteiger partial charge in [-0.2, -0.15) is 0 Å². The number of nitrogens with two attached hydrogens (primary N) is 1. The summed E-state index contributed by atoms with van der Waals surface area (Å²) >= 11 is 0. The minimum Gasteiger partial charge on any atom is -0.329 e. The van der Waals surface area contributed by atoms with Crippen molar-refractivity contribution in [3.63, 3.8) is 0 Å². The molecule has 0 amide bonds. The molecule has 0 aromatic carbocycles. The molecular formula is C10H16FN3. The molecule has 4 heteroatoms. The molecular weight excluding hydrogens is 181 g/mol. The van der Waals surface area contributed by atoms with E-state index < -0.39 is 0 Å². The fourth-order valence-electron chi connectivity index (χ4n) is 1.33. The van der Waals surface area contributed by atoms with E-state index in [-0.39, 0.29) is 5.82 Å². The second kappa shape index (κ2) is 5.67. The van der Waals surface area contributed by atoms with Gasteiger partial charge in [-0.25, -0.2) is 4.39 Å². The maximum Gasteiger partial charge on any atom is 0.141 e. The van der Waals surface area contributed by atoms with Crippen LogP contribution >= 0.6 is 0 Å². The normalized spacial score (nSPS) is 10.9. The molecule has 0 radical (unpaired) electrons. The first-order valence-corrected chi connectivity index (χ1v) is 4.78. The van der Waals surface area contributed by atoms with Gasteiger partial charge < -0.3 is 5.73 Å². The Morgan fingerprint density at radius 1 is 1.50 bits per heavy atom. The molecule has 2 N–H and O–H groups in total. The Bertz CT molecular complexity index is 278. The van der Waals surface area contributed by atoms with E-state index in [9.17, 15) is 4.39 Å². The average molecular weight is 197 g/mol. The van der Waals surface area contributed by atoms with Gasteiger partial charge in [-0.3, -0.25) is 9.88 Å². The van der Waals surface area contributed by atoms with Crippen molar-refractivity contribution in [1.82, 2.24) is 9.88 Å². The van der Waals surface area contributed by atoms with Crippen LogP contribution in [0.1, 0.15) is 12.5 Å². The smallest absolute Gasteiger partial charge is 0.141 e. The highest BCUT2D eigenvalue weighted by Gasteiger charge is 2.03. The lowest BCUT2D eigenvalue weighted by molar-refractivity contribution is 0.287. The van der Waals surface area contributed by atoms with E-state index in [2.05, 4.69) is 16.8 Å². The first-order valence-electron chi connectivity index (χ1n) is 4.78. The number of pyridine rings is 1. The fourth-order valence-corrected chi connectivity index (χ4v) is 1.33. The van der Waals surface area contributed by atoms with Gasteiger partial charge in [0.25, 0.3) is 0 Å². The largest absolute Gasteiger partial charge is 0.329 e. The Labute approximate surface area is 83.7 Å². The number of aromatic nitrogens is 1. The Kier molecular flexibility index (Phi) is 4.49. The molecule has 0 fully saturated rings. The first-order chi connectivity index (χ1) is 6.76. The summed E-state index contributed by atoms with van der Waals surface area (Å²) < 4.78 is 12.8. The van der Waals surface area contributed by atoms with Crippen LogP contribution in [0.4, 0.5) is 4.39 Å². The van der Waals surface area contributed by atoms with Crippen molar-refractivity contribution in [3.8, 4) is 0 Å². The predicted octanol–water partition coefficient (Wildman–Crippen LogP) is 1.00. The van der Waals surface area contributed by atoms with E-state index in [1.165, 1.54) is 12.3 Å². The maximum absolute atomic E-state index is 12.8. The minimum atomic E-state index is -0.286. The summed E-state index contributed by atoms with van der Waals surface area (Å²) in [5, 5.41) is 0. The molecule has 1 rings (SSSR count). The minimum absolute atomic E-state index is 0.286. The van der Waals surface area contributed by atoms with Gasteiger partial charge in [-0.15, -0.1) is 0 Å². The zero-order valence-corrected chi connectivity index (χ0v) is 8.41. The number of likely N-dealkylation sites (N-methyl/N-ethyl adjacent to an activating group) is 1. The number of nitrogens with zero attached hydrogens (tertiary/aromatic N) is 2. The molecule has 0 atom stereocenters. The first kappa shape index (κ1) is 11.1. The van der Waals surface area contributed by atoms with Gasteiger partial charge in [0, 0.05) is 25.8 Å². The highest BCUT2D eigenvalue weighted by molar-refractivity contribution is 5.09. The van der Waals surface area contributed by atoms with Crippen molar-refractivity contribution >= 4 is 0 Å². The van der Waals surface area contributed by atoms with Crippen molar-refractivity contribution in [3.05, 3.63) is 29.8 Å². The molecule has 0 aliphatic rings. The Morgan fingerprint density at radius 3 is 2.86 bits per heavy atom. The molecule has 0 aliphatic carbocycles. The molecule has 1 heterocycles. The Morgan fingerprint density at radius 2 is 2.29 bits per heavy atom. The van der Waals surface area contributed by atoms with Gasteiger partial charge in [0.2, 0.25) is 0 Å². The summed E-state index contributed by atoms with van der Waals surface area (Å²) in [5.74, 6) is -0.286. The molecule has 0 spiro atoms. The van der Waals surface area contributed by atoms with Gasteiger partial charge in [-0.05, 0) is 18.2 Å². The van der Waals surface area contributed by atoms with Gasteiger partial charge in [0.05, 0.1) is 6.20 Å². The van der Waals surface area contributed by atoms with Crippen LogP contribution in [0.5, 0.6) is 0 Å². The SMILES string of the molecule is CCN(CCN)Cc1cncc(F)c1. The monoisotopic (exact) mass is 197 g/mol. The van der Waals surface area contributed by atoms with Crippen LogP contribution in [-0.4, -0.2) is 29.5 Å². The third-order valence-corrected chi connectivity index (χ3v) is 2.06. The average Bonchev–Trinajstić information content (AvgIpc) is 2.17. The summed E-state index contributed by atoms with van der Waals surface area (Å²) in [7, 11) is 0. The molecule has 3 nitrogen and oxygen atoms in total. The predicted molar refractivity (Wildman–Crippen MR) is 54.2 cm³/mol. The van der Waals surface area contributed by atoms with Crippen LogP contribution in [0.2, 0.25) is 0 Å². The molecule has 14 heavy (non-hydrogen) atoms. The second-order valence-corrected chi connectivity index (χ2v) is 3.17. The third kappa shape index (κ3) is 3.40. The van der Waals surface area contributed by atoms with Crippen LogP contribution < -0.4 is 5.73 Å². The van der Waals surface area contributed by atoms with E-state index in [4.69, 9.17) is 5.73 Å². The van der Waals surface area contributed by atoms with Crippen molar-refractivity contribution < 1.29 is 4.39 Å². The molecule has 0 saturated carbocycles. The summed E-state index contributed by atoms with van der Waals surface area (Å²) in [6, 6.07) is 1.51. The third-order valence-electron chi connectivity index (χ3n) is 2.06. The number of hydrogen-bond acceptors (Lipinski definition) is 3. The standard InChI is InChI=1S/C10H16FN3/c1-2-14(4-3-12)8-9-5-10(11)7-13-6-9/h5-7H,2-4,8,12H2,1H3. The summed E-state index contributed by atoms with van der Waals surface area (Å²) in [6.45, 7) is 5.12. The van der Waals surface area contributed by atoms with E-state index in [0.29, 0.717) is 13.1 Å². The molecule has 1 aromatic heterocycles.